The van der Waals surface area contributed by atoms with Gasteiger partial charge in [-0.05, 0) is 45.7 Å². The monoisotopic (exact) mass is 392 g/mol. The number of nitrogens with zero attached hydrogens (tertiary/aromatic N) is 3. The number of hydrogen-bond acceptors (Lipinski definition) is 7. The first-order valence-electron chi connectivity index (χ1n) is 8.91. The second kappa shape index (κ2) is 7.77. The molecule has 0 radical (unpaired) electrons. The van der Waals surface area contributed by atoms with Crippen LogP contribution in [0.2, 0.25) is 0 Å². The van der Waals surface area contributed by atoms with E-state index in [9.17, 15) is 14.7 Å². The topological polar surface area (TPSA) is 109 Å². The fourth-order valence-corrected chi connectivity index (χ4v) is 4.13. The Morgan fingerprint density at radius 1 is 1.41 bits per heavy atom. The molecule has 2 aromatic heterocycles. The van der Waals surface area contributed by atoms with Crippen molar-refractivity contribution in [2.45, 2.75) is 51.6 Å². The van der Waals surface area contributed by atoms with Crippen LogP contribution < -0.4 is 5.32 Å². The molecule has 1 aliphatic rings. The second-order valence-corrected chi connectivity index (χ2v) is 8.53. The number of amides is 2. The Bertz CT molecular complexity index is 829. The predicted octanol–water partition coefficient (Wildman–Crippen LogP) is 1.85. The number of hydrogen-bond donors (Lipinski definition) is 2. The molecule has 2 aromatic rings. The maximum absolute atomic E-state index is 12.7. The molecule has 1 aliphatic heterocycles. The predicted molar refractivity (Wildman–Crippen MR) is 99.4 cm³/mol. The molecule has 0 aliphatic carbocycles. The molecule has 1 atom stereocenters. The Labute approximate surface area is 161 Å². The van der Waals surface area contributed by atoms with Crippen molar-refractivity contribution in [3.05, 3.63) is 33.3 Å². The van der Waals surface area contributed by atoms with Crippen LogP contribution in [-0.4, -0.2) is 50.8 Å². The largest absolute Gasteiger partial charge is 0.394 e. The number of likely N-dealkylation sites (tertiary alicyclic amines) is 1. The Balaban J connectivity index is 1.70. The normalized spacial score (nSPS) is 17.3. The smallest absolute Gasteiger partial charge is 0.261 e. The maximum Gasteiger partial charge on any atom is 0.261 e. The summed E-state index contributed by atoms with van der Waals surface area (Å²) < 4.78 is 4.67. The molecule has 146 valence electrons. The van der Waals surface area contributed by atoms with Crippen LogP contribution in [0.25, 0.3) is 0 Å². The van der Waals surface area contributed by atoms with Gasteiger partial charge in [-0.1, -0.05) is 10.3 Å². The lowest BCUT2D eigenvalue weighted by atomic mass is 10.1. The van der Waals surface area contributed by atoms with Crippen LogP contribution in [0, 0.1) is 6.92 Å². The summed E-state index contributed by atoms with van der Waals surface area (Å²) in [7, 11) is 0. The number of aliphatic hydroxyl groups is 1. The van der Waals surface area contributed by atoms with Crippen molar-refractivity contribution in [3.63, 3.8) is 0 Å². The van der Waals surface area contributed by atoms with Gasteiger partial charge in [-0.2, -0.15) is 0 Å². The first-order valence-corrected chi connectivity index (χ1v) is 9.73. The molecule has 1 unspecified atom stereocenters. The summed E-state index contributed by atoms with van der Waals surface area (Å²) in [4.78, 5) is 28.5. The average Bonchev–Trinajstić information content (AvgIpc) is 3.34. The number of aliphatic hydroxyl groups excluding tert-OH is 1. The van der Waals surface area contributed by atoms with Gasteiger partial charge < -0.3 is 15.3 Å². The fourth-order valence-electron chi connectivity index (χ4n) is 3.08. The van der Waals surface area contributed by atoms with Gasteiger partial charge in [0.2, 0.25) is 5.91 Å². The van der Waals surface area contributed by atoms with Crippen LogP contribution >= 0.6 is 11.3 Å². The van der Waals surface area contributed by atoms with E-state index in [0.717, 1.165) is 17.7 Å². The van der Waals surface area contributed by atoms with Crippen LogP contribution in [0.5, 0.6) is 0 Å². The van der Waals surface area contributed by atoms with Gasteiger partial charge >= 0.3 is 0 Å². The van der Waals surface area contributed by atoms with Crippen LogP contribution in [0.15, 0.2) is 16.8 Å². The molecule has 27 heavy (non-hydrogen) atoms. The van der Waals surface area contributed by atoms with Crippen LogP contribution in [0.4, 0.5) is 0 Å². The molecule has 0 spiro atoms. The van der Waals surface area contributed by atoms with Crippen LogP contribution in [0.3, 0.4) is 0 Å². The van der Waals surface area contributed by atoms with Crippen molar-refractivity contribution in [1.82, 2.24) is 20.5 Å². The van der Waals surface area contributed by atoms with Crippen molar-refractivity contribution in [2.75, 3.05) is 13.2 Å². The molecule has 8 nitrogen and oxygen atoms in total. The highest BCUT2D eigenvalue weighted by atomic mass is 32.1. The number of carbonyl (C=O) groups excluding carboxylic acids is 2. The first-order chi connectivity index (χ1) is 12.8. The second-order valence-electron chi connectivity index (χ2n) is 7.42. The van der Waals surface area contributed by atoms with E-state index in [-0.39, 0.29) is 30.9 Å². The van der Waals surface area contributed by atoms with Crippen molar-refractivity contribution in [2.24, 2.45) is 0 Å². The van der Waals surface area contributed by atoms with Crippen molar-refractivity contribution in [3.8, 4) is 0 Å². The number of thiophene rings is 1. The summed E-state index contributed by atoms with van der Waals surface area (Å²) in [5, 5.41) is 19.6. The molecule has 0 bridgehead atoms. The zero-order valence-electron chi connectivity index (χ0n) is 15.7. The average molecular weight is 392 g/mol. The van der Waals surface area contributed by atoms with E-state index in [1.54, 1.807) is 26.8 Å². The Morgan fingerprint density at radius 3 is 2.85 bits per heavy atom. The zero-order chi connectivity index (χ0) is 19.6. The van der Waals surface area contributed by atoms with Gasteiger partial charge in [0.05, 0.1) is 29.5 Å². The van der Waals surface area contributed by atoms with E-state index in [4.69, 9.17) is 0 Å². The SMILES string of the molecule is Cc1nonc1CC(=O)N1CCCC1c1ccc(C(=O)NC(C)(C)CO)s1. The Hall–Kier alpha value is -2.26. The van der Waals surface area contributed by atoms with Gasteiger partial charge in [-0.3, -0.25) is 9.59 Å². The molecule has 9 heteroatoms. The van der Waals surface area contributed by atoms with Crippen molar-refractivity contribution >= 4 is 23.2 Å². The molecule has 1 fully saturated rings. The Kier molecular flexibility index (Phi) is 5.61. The summed E-state index contributed by atoms with van der Waals surface area (Å²) >= 11 is 1.39. The van der Waals surface area contributed by atoms with Gasteiger partial charge in [0.1, 0.15) is 11.4 Å². The third kappa shape index (κ3) is 4.36. The summed E-state index contributed by atoms with van der Waals surface area (Å²) in [5.74, 6) is -0.234. The van der Waals surface area contributed by atoms with E-state index in [1.165, 1.54) is 11.3 Å². The minimum absolute atomic E-state index is 0.0166. The van der Waals surface area contributed by atoms with Gasteiger partial charge in [0.15, 0.2) is 0 Å². The van der Waals surface area contributed by atoms with E-state index >= 15 is 0 Å². The van der Waals surface area contributed by atoms with E-state index in [1.807, 2.05) is 11.0 Å². The lowest BCUT2D eigenvalue weighted by Crippen LogP contribution is -2.46. The van der Waals surface area contributed by atoms with Gasteiger partial charge in [-0.15, -0.1) is 11.3 Å². The highest BCUT2D eigenvalue weighted by Crippen LogP contribution is 2.36. The standard InChI is InChI=1S/C18H24N4O4S/c1-11-12(21-26-20-11)9-16(24)22-8-4-5-13(22)14-6-7-15(27-14)17(25)19-18(2,3)10-23/h6-7,13,23H,4-5,8-10H2,1-3H3,(H,19,25). The minimum Gasteiger partial charge on any atom is -0.394 e. The first kappa shape index (κ1) is 19.5. The molecular weight excluding hydrogens is 368 g/mol. The van der Waals surface area contributed by atoms with Crippen LogP contribution in [-0.2, 0) is 11.2 Å². The number of rotatable bonds is 6. The minimum atomic E-state index is -0.680. The van der Waals surface area contributed by atoms with Crippen molar-refractivity contribution < 1.29 is 19.3 Å². The van der Waals surface area contributed by atoms with Gasteiger partial charge in [0.25, 0.3) is 5.91 Å². The molecular formula is C18H24N4O4S. The molecule has 2 amide bonds. The molecule has 2 N–H and O–H groups in total. The highest BCUT2D eigenvalue weighted by molar-refractivity contribution is 7.14. The molecule has 3 rings (SSSR count). The number of carbonyl (C=O) groups is 2. The number of aromatic nitrogens is 2. The van der Waals surface area contributed by atoms with E-state index in [2.05, 4.69) is 20.3 Å². The fraction of sp³-hybridized carbons (Fsp3) is 0.556. The van der Waals surface area contributed by atoms with Crippen LogP contribution in [0.1, 0.15) is 58.7 Å². The van der Waals surface area contributed by atoms with E-state index < -0.39 is 5.54 Å². The molecule has 1 saturated heterocycles. The summed E-state index contributed by atoms with van der Waals surface area (Å²) in [6.45, 7) is 5.83. The molecule has 3 heterocycles. The third-order valence-electron chi connectivity index (χ3n) is 4.66. The number of aryl methyl sites for hydroxylation is 1. The maximum atomic E-state index is 12.7. The summed E-state index contributed by atoms with van der Waals surface area (Å²) in [6, 6.07) is 3.65. The Morgan fingerprint density at radius 2 is 2.19 bits per heavy atom. The van der Waals surface area contributed by atoms with Gasteiger partial charge in [0, 0.05) is 11.4 Å². The summed E-state index contributed by atoms with van der Waals surface area (Å²) in [6.07, 6.45) is 1.95. The van der Waals surface area contributed by atoms with Gasteiger partial charge in [-0.25, -0.2) is 4.63 Å². The lowest BCUT2D eigenvalue weighted by Gasteiger charge is -2.24. The lowest BCUT2D eigenvalue weighted by molar-refractivity contribution is -0.131. The molecule has 0 saturated carbocycles. The number of nitrogens with one attached hydrogen (secondary N) is 1. The third-order valence-corrected chi connectivity index (χ3v) is 5.85. The van der Waals surface area contributed by atoms with Crippen molar-refractivity contribution in [1.29, 1.82) is 0 Å². The molecule has 0 aromatic carbocycles. The van der Waals surface area contributed by atoms with E-state index in [0.29, 0.717) is 22.8 Å². The highest BCUT2D eigenvalue weighted by Gasteiger charge is 2.32. The quantitative estimate of drug-likeness (QED) is 0.777. The zero-order valence-corrected chi connectivity index (χ0v) is 16.5. The summed E-state index contributed by atoms with van der Waals surface area (Å²) in [5.41, 5.74) is 0.504.